The first-order chi connectivity index (χ1) is 9.16. The number of aryl methyl sites for hydroxylation is 1. The summed E-state index contributed by atoms with van der Waals surface area (Å²) in [6.45, 7) is 3.73. The number of hydrogen-bond donors (Lipinski definition) is 1. The molecule has 104 valence electrons. The summed E-state index contributed by atoms with van der Waals surface area (Å²) in [7, 11) is 0. The highest BCUT2D eigenvalue weighted by atomic mass is 19.1. The minimum absolute atomic E-state index is 0.129. The smallest absolute Gasteiger partial charge is 0.241 e. The Kier molecular flexibility index (Phi) is 4.77. The summed E-state index contributed by atoms with van der Waals surface area (Å²) in [6.07, 6.45) is 4.63. The molecule has 4 heteroatoms. The number of hydrogen-bond acceptors (Lipinski definition) is 2. The quantitative estimate of drug-likeness (QED) is 0.910. The van der Waals surface area contributed by atoms with Crippen molar-refractivity contribution in [3.63, 3.8) is 0 Å². The van der Waals surface area contributed by atoms with E-state index in [1.54, 1.807) is 19.1 Å². The lowest BCUT2D eigenvalue weighted by Crippen LogP contribution is -2.36. The first-order valence-corrected chi connectivity index (χ1v) is 6.94. The molecule has 0 saturated carbocycles. The number of anilines is 1. The highest BCUT2D eigenvalue weighted by Crippen LogP contribution is 2.14. The summed E-state index contributed by atoms with van der Waals surface area (Å²) < 4.78 is 13.1. The normalized spacial score (nSPS) is 16.0. The number of benzene rings is 1. The molecule has 0 spiro atoms. The van der Waals surface area contributed by atoms with E-state index in [9.17, 15) is 9.18 Å². The zero-order valence-corrected chi connectivity index (χ0v) is 11.4. The molecule has 0 atom stereocenters. The van der Waals surface area contributed by atoms with Gasteiger partial charge in [-0.15, -0.1) is 0 Å². The van der Waals surface area contributed by atoms with Gasteiger partial charge in [0.25, 0.3) is 0 Å². The summed E-state index contributed by atoms with van der Waals surface area (Å²) in [5.74, 6) is -0.0896. The van der Waals surface area contributed by atoms with E-state index in [4.69, 9.17) is 0 Å². The average molecular weight is 264 g/mol. The van der Waals surface area contributed by atoms with Crippen LogP contribution in [0.5, 0.6) is 0 Å². The molecule has 19 heavy (non-hydrogen) atoms. The number of nitrogens with zero attached hydrogens (tertiary/aromatic N) is 1. The Morgan fingerprint density at radius 3 is 2.58 bits per heavy atom. The van der Waals surface area contributed by atoms with Crippen molar-refractivity contribution >= 4 is 11.6 Å². The number of halogens is 1. The van der Waals surface area contributed by atoms with Crippen LogP contribution >= 0.6 is 0 Å². The van der Waals surface area contributed by atoms with Gasteiger partial charge in [0.15, 0.2) is 0 Å². The summed E-state index contributed by atoms with van der Waals surface area (Å²) in [4.78, 5) is 14.0. The van der Waals surface area contributed by atoms with Gasteiger partial charge in [0.1, 0.15) is 5.82 Å². The Morgan fingerprint density at radius 1 is 1.26 bits per heavy atom. The molecule has 0 bridgehead atoms. The topological polar surface area (TPSA) is 32.3 Å². The van der Waals surface area contributed by atoms with Crippen molar-refractivity contribution in [2.75, 3.05) is 25.0 Å². The molecule has 1 N–H and O–H groups in total. The van der Waals surface area contributed by atoms with Gasteiger partial charge in [0, 0.05) is 18.8 Å². The fourth-order valence-electron chi connectivity index (χ4n) is 2.36. The predicted octanol–water partition coefficient (Wildman–Crippen LogP) is 2.95. The third-order valence-corrected chi connectivity index (χ3v) is 3.56. The zero-order valence-electron chi connectivity index (χ0n) is 11.4. The van der Waals surface area contributed by atoms with Crippen LogP contribution in [0.25, 0.3) is 0 Å². The van der Waals surface area contributed by atoms with E-state index >= 15 is 0 Å². The van der Waals surface area contributed by atoms with E-state index in [1.807, 2.05) is 4.90 Å². The maximum absolute atomic E-state index is 13.1. The first-order valence-electron chi connectivity index (χ1n) is 6.94. The van der Waals surface area contributed by atoms with E-state index in [0.717, 1.165) is 31.6 Å². The largest absolute Gasteiger partial charge is 0.376 e. The van der Waals surface area contributed by atoms with Gasteiger partial charge < -0.3 is 10.2 Å². The maximum Gasteiger partial charge on any atom is 0.241 e. The Morgan fingerprint density at radius 2 is 1.95 bits per heavy atom. The number of nitrogens with one attached hydrogen (secondary N) is 1. The molecule has 1 heterocycles. The molecule has 1 aliphatic rings. The number of rotatable bonds is 3. The molecule has 1 fully saturated rings. The van der Waals surface area contributed by atoms with Crippen LogP contribution in [0.3, 0.4) is 0 Å². The van der Waals surface area contributed by atoms with Crippen molar-refractivity contribution in [3.8, 4) is 0 Å². The Bertz CT molecular complexity index is 440. The average Bonchev–Trinajstić information content (AvgIpc) is 2.69. The minimum atomic E-state index is -0.218. The van der Waals surface area contributed by atoms with Gasteiger partial charge in [-0.05, 0) is 43.5 Å². The number of amides is 1. The molecule has 0 radical (unpaired) electrons. The van der Waals surface area contributed by atoms with Gasteiger partial charge in [-0.2, -0.15) is 0 Å². The summed E-state index contributed by atoms with van der Waals surface area (Å²) in [5.41, 5.74) is 1.38. The monoisotopic (exact) mass is 264 g/mol. The summed E-state index contributed by atoms with van der Waals surface area (Å²) in [6, 6.07) is 4.82. The third-order valence-electron chi connectivity index (χ3n) is 3.56. The van der Waals surface area contributed by atoms with Gasteiger partial charge in [-0.1, -0.05) is 12.8 Å². The lowest BCUT2D eigenvalue weighted by atomic mass is 10.2. The van der Waals surface area contributed by atoms with E-state index in [1.165, 1.54) is 18.9 Å². The lowest BCUT2D eigenvalue weighted by Gasteiger charge is -2.20. The van der Waals surface area contributed by atoms with Crippen molar-refractivity contribution in [3.05, 3.63) is 29.6 Å². The molecule has 1 aliphatic heterocycles. The Hall–Kier alpha value is -1.58. The minimum Gasteiger partial charge on any atom is -0.376 e. The van der Waals surface area contributed by atoms with Crippen molar-refractivity contribution < 1.29 is 9.18 Å². The highest BCUT2D eigenvalue weighted by Gasteiger charge is 2.14. The van der Waals surface area contributed by atoms with E-state index in [0.29, 0.717) is 5.56 Å². The standard InChI is InChI=1S/C15H21FN2O/c1-12-10-13(6-7-14(12)16)17-11-15(19)18-8-4-2-3-5-9-18/h6-7,10,17H,2-5,8-9,11H2,1H3. The van der Waals surface area contributed by atoms with Gasteiger partial charge in [0.2, 0.25) is 5.91 Å². The van der Waals surface area contributed by atoms with Crippen molar-refractivity contribution in [2.24, 2.45) is 0 Å². The summed E-state index contributed by atoms with van der Waals surface area (Å²) >= 11 is 0. The van der Waals surface area contributed by atoms with Crippen LogP contribution in [0.4, 0.5) is 10.1 Å². The fraction of sp³-hybridized carbons (Fsp3) is 0.533. The molecule has 3 nitrogen and oxygen atoms in total. The number of carbonyl (C=O) groups is 1. The zero-order chi connectivity index (χ0) is 13.7. The first kappa shape index (κ1) is 13.8. The molecule has 0 unspecified atom stereocenters. The van der Waals surface area contributed by atoms with E-state index in [2.05, 4.69) is 5.32 Å². The van der Waals surface area contributed by atoms with Crippen LogP contribution < -0.4 is 5.32 Å². The van der Waals surface area contributed by atoms with Crippen LogP contribution in [0.1, 0.15) is 31.2 Å². The van der Waals surface area contributed by atoms with Crippen molar-refractivity contribution in [1.82, 2.24) is 4.90 Å². The van der Waals surface area contributed by atoms with Gasteiger partial charge >= 0.3 is 0 Å². The van der Waals surface area contributed by atoms with Crippen LogP contribution in [0.2, 0.25) is 0 Å². The molecular formula is C15H21FN2O. The lowest BCUT2D eigenvalue weighted by molar-refractivity contribution is -0.129. The Balaban J connectivity index is 1.86. The highest BCUT2D eigenvalue weighted by molar-refractivity contribution is 5.80. The second-order valence-electron chi connectivity index (χ2n) is 5.11. The SMILES string of the molecule is Cc1cc(NCC(=O)N2CCCCCC2)ccc1F. The number of likely N-dealkylation sites (tertiary alicyclic amines) is 1. The number of carbonyl (C=O) groups excluding carboxylic acids is 1. The van der Waals surface area contributed by atoms with E-state index < -0.39 is 0 Å². The van der Waals surface area contributed by atoms with Crippen molar-refractivity contribution in [1.29, 1.82) is 0 Å². The molecule has 1 aromatic rings. The molecule has 0 aromatic heterocycles. The maximum atomic E-state index is 13.1. The van der Waals surface area contributed by atoms with Gasteiger partial charge in [0.05, 0.1) is 6.54 Å². The molecule has 0 aliphatic carbocycles. The third kappa shape index (κ3) is 3.94. The second-order valence-corrected chi connectivity index (χ2v) is 5.11. The van der Waals surface area contributed by atoms with Gasteiger partial charge in [-0.25, -0.2) is 4.39 Å². The van der Waals surface area contributed by atoms with Crippen LogP contribution in [0, 0.1) is 12.7 Å². The molecule has 1 saturated heterocycles. The Labute approximate surface area is 113 Å². The molecule has 2 rings (SSSR count). The van der Waals surface area contributed by atoms with Gasteiger partial charge in [-0.3, -0.25) is 4.79 Å². The van der Waals surface area contributed by atoms with Crippen LogP contribution in [0.15, 0.2) is 18.2 Å². The van der Waals surface area contributed by atoms with Crippen LogP contribution in [-0.4, -0.2) is 30.4 Å². The fourth-order valence-corrected chi connectivity index (χ4v) is 2.36. The molecule has 1 aromatic carbocycles. The summed E-state index contributed by atoms with van der Waals surface area (Å²) in [5, 5.41) is 3.07. The van der Waals surface area contributed by atoms with E-state index in [-0.39, 0.29) is 18.3 Å². The van der Waals surface area contributed by atoms with Crippen molar-refractivity contribution in [2.45, 2.75) is 32.6 Å². The predicted molar refractivity (Wildman–Crippen MR) is 74.7 cm³/mol. The van der Waals surface area contributed by atoms with Crippen LogP contribution in [-0.2, 0) is 4.79 Å². The second kappa shape index (κ2) is 6.55. The molecule has 1 amide bonds. The molecular weight excluding hydrogens is 243 g/mol.